The summed E-state index contributed by atoms with van der Waals surface area (Å²) in [4.78, 5) is 15.1. The molecule has 2 atom stereocenters. The van der Waals surface area contributed by atoms with Gasteiger partial charge < -0.3 is 4.90 Å². The Kier molecular flexibility index (Phi) is 6.48. The molecule has 2 heterocycles. The number of carbonyl (C=O) groups excluding carboxylic acids is 1. The third kappa shape index (κ3) is 4.63. The van der Waals surface area contributed by atoms with E-state index in [1.165, 1.54) is 17.3 Å². The number of amides is 1. The minimum Gasteiger partial charge on any atom is -0.340 e. The summed E-state index contributed by atoms with van der Waals surface area (Å²) in [5.74, 6) is -0.210. The van der Waals surface area contributed by atoms with E-state index < -0.39 is 0 Å². The molecule has 0 bridgehead atoms. The van der Waals surface area contributed by atoms with E-state index in [0.29, 0.717) is 18.3 Å². The molecule has 6 nitrogen and oxygen atoms in total. The number of benzene rings is 2. The molecule has 1 fully saturated rings. The molecule has 2 unspecified atom stereocenters. The standard InChI is InChI=1S/C27H32FN5O/c1-18-11-13-22(14-12-18)33-25-10-4-9-23(25)26(31-33)27(34)32(2)15-5-8-21-17-24(30-29-21)19-6-3-7-20(28)16-19/h3,6-7,11-14,16,21,24,29-30H,4-5,8-10,15,17H2,1-2H3. The summed E-state index contributed by atoms with van der Waals surface area (Å²) in [7, 11) is 1.87. The first-order valence-electron chi connectivity index (χ1n) is 12.2. The smallest absolute Gasteiger partial charge is 0.274 e. The normalized spacial score (nSPS) is 19.4. The van der Waals surface area contributed by atoms with Crippen molar-refractivity contribution < 1.29 is 9.18 Å². The van der Waals surface area contributed by atoms with Crippen LogP contribution >= 0.6 is 0 Å². The van der Waals surface area contributed by atoms with Gasteiger partial charge >= 0.3 is 0 Å². The maximum absolute atomic E-state index is 13.5. The third-order valence-electron chi connectivity index (χ3n) is 7.04. The highest BCUT2D eigenvalue weighted by atomic mass is 19.1. The Morgan fingerprint density at radius 1 is 1.18 bits per heavy atom. The van der Waals surface area contributed by atoms with Crippen molar-refractivity contribution in [1.29, 1.82) is 0 Å². The molecule has 0 saturated carbocycles. The fraction of sp³-hybridized carbons (Fsp3) is 0.407. The second-order valence-corrected chi connectivity index (χ2v) is 9.57. The number of aryl methyl sites for hydroxylation is 1. The fourth-order valence-electron chi connectivity index (χ4n) is 5.12. The van der Waals surface area contributed by atoms with Crippen LogP contribution < -0.4 is 10.9 Å². The molecule has 0 spiro atoms. The van der Waals surface area contributed by atoms with Crippen molar-refractivity contribution in [1.82, 2.24) is 25.5 Å². The molecular weight excluding hydrogens is 429 g/mol. The lowest BCUT2D eigenvalue weighted by atomic mass is 9.99. The lowest BCUT2D eigenvalue weighted by Crippen LogP contribution is -2.33. The molecule has 1 amide bonds. The summed E-state index contributed by atoms with van der Waals surface area (Å²) in [6.45, 7) is 2.74. The zero-order valence-electron chi connectivity index (χ0n) is 19.9. The van der Waals surface area contributed by atoms with Crippen molar-refractivity contribution in [2.24, 2.45) is 0 Å². The van der Waals surface area contributed by atoms with Gasteiger partial charge in [-0.1, -0.05) is 29.8 Å². The maximum atomic E-state index is 13.5. The van der Waals surface area contributed by atoms with Crippen LogP contribution in [0.15, 0.2) is 48.5 Å². The highest BCUT2D eigenvalue weighted by Gasteiger charge is 2.29. The number of fused-ring (bicyclic) bond motifs is 1. The van der Waals surface area contributed by atoms with Crippen LogP contribution in [-0.2, 0) is 12.8 Å². The van der Waals surface area contributed by atoms with Crippen LogP contribution in [0, 0.1) is 12.7 Å². The summed E-state index contributed by atoms with van der Waals surface area (Å²) in [5.41, 5.74) is 12.7. The predicted molar refractivity (Wildman–Crippen MR) is 130 cm³/mol. The predicted octanol–water partition coefficient (Wildman–Crippen LogP) is 4.27. The van der Waals surface area contributed by atoms with Gasteiger partial charge in [0.05, 0.1) is 5.69 Å². The summed E-state index contributed by atoms with van der Waals surface area (Å²) in [6.07, 6.45) is 5.66. The van der Waals surface area contributed by atoms with Gasteiger partial charge in [-0.2, -0.15) is 5.10 Å². The second kappa shape index (κ2) is 9.68. The van der Waals surface area contributed by atoms with Crippen LogP contribution in [-0.4, -0.2) is 40.2 Å². The minimum absolute atomic E-state index is 0.000782. The van der Waals surface area contributed by atoms with E-state index in [2.05, 4.69) is 42.0 Å². The number of carbonyl (C=O) groups is 1. The number of rotatable bonds is 7. The van der Waals surface area contributed by atoms with Crippen LogP contribution in [0.4, 0.5) is 4.39 Å². The largest absolute Gasteiger partial charge is 0.340 e. The van der Waals surface area contributed by atoms with Crippen LogP contribution in [0.5, 0.6) is 0 Å². The molecule has 0 radical (unpaired) electrons. The topological polar surface area (TPSA) is 62.2 Å². The summed E-state index contributed by atoms with van der Waals surface area (Å²) >= 11 is 0. The van der Waals surface area contributed by atoms with E-state index in [1.807, 2.05) is 17.8 Å². The third-order valence-corrected chi connectivity index (χ3v) is 7.04. The molecule has 2 aromatic carbocycles. The van der Waals surface area contributed by atoms with Gasteiger partial charge in [-0.15, -0.1) is 0 Å². The Bertz CT molecular complexity index is 1170. The van der Waals surface area contributed by atoms with Gasteiger partial charge in [0.2, 0.25) is 0 Å². The highest BCUT2D eigenvalue weighted by Crippen LogP contribution is 2.29. The zero-order valence-corrected chi connectivity index (χ0v) is 19.9. The van der Waals surface area contributed by atoms with E-state index >= 15 is 0 Å². The first-order chi connectivity index (χ1) is 16.5. The van der Waals surface area contributed by atoms with Gasteiger partial charge in [0.25, 0.3) is 5.91 Å². The quantitative estimate of drug-likeness (QED) is 0.552. The van der Waals surface area contributed by atoms with Gasteiger partial charge in [0.15, 0.2) is 5.69 Å². The Labute approximate surface area is 200 Å². The lowest BCUT2D eigenvalue weighted by molar-refractivity contribution is 0.0784. The zero-order chi connectivity index (χ0) is 23.7. The van der Waals surface area contributed by atoms with Crippen molar-refractivity contribution >= 4 is 5.91 Å². The van der Waals surface area contributed by atoms with E-state index in [9.17, 15) is 9.18 Å². The Morgan fingerprint density at radius 2 is 2.00 bits per heavy atom. The molecular formula is C27H32FN5O. The first kappa shape index (κ1) is 22.7. The van der Waals surface area contributed by atoms with E-state index in [4.69, 9.17) is 5.10 Å². The minimum atomic E-state index is -0.209. The van der Waals surface area contributed by atoms with Gasteiger partial charge in [-0.25, -0.2) is 9.07 Å². The Balaban J connectivity index is 1.18. The van der Waals surface area contributed by atoms with Crippen molar-refractivity contribution in [2.75, 3.05) is 13.6 Å². The van der Waals surface area contributed by atoms with Crippen LogP contribution in [0.2, 0.25) is 0 Å². The first-order valence-corrected chi connectivity index (χ1v) is 12.2. The number of hydrogen-bond acceptors (Lipinski definition) is 4. The van der Waals surface area contributed by atoms with Crippen molar-refractivity contribution in [3.8, 4) is 5.69 Å². The molecule has 1 saturated heterocycles. The number of nitrogens with one attached hydrogen (secondary N) is 2. The molecule has 5 rings (SSSR count). The lowest BCUT2D eigenvalue weighted by Gasteiger charge is -2.18. The van der Waals surface area contributed by atoms with Gasteiger partial charge in [-0.05, 0) is 75.3 Å². The molecule has 34 heavy (non-hydrogen) atoms. The number of nitrogens with zero attached hydrogens (tertiary/aromatic N) is 3. The van der Waals surface area contributed by atoms with Crippen LogP contribution in [0.3, 0.4) is 0 Å². The molecule has 7 heteroatoms. The summed E-state index contributed by atoms with van der Waals surface area (Å²) in [6, 6.07) is 15.4. The monoisotopic (exact) mass is 461 g/mol. The van der Waals surface area contributed by atoms with Gasteiger partial charge in [0, 0.05) is 36.9 Å². The fourth-order valence-corrected chi connectivity index (χ4v) is 5.12. The number of aromatic nitrogens is 2. The van der Waals surface area contributed by atoms with Crippen LogP contribution in [0.1, 0.15) is 64.6 Å². The highest BCUT2D eigenvalue weighted by molar-refractivity contribution is 5.94. The Hall–Kier alpha value is -3.03. The summed E-state index contributed by atoms with van der Waals surface area (Å²) < 4.78 is 15.5. The number of hydrazine groups is 1. The van der Waals surface area contributed by atoms with Crippen molar-refractivity contribution in [2.45, 2.75) is 57.5 Å². The van der Waals surface area contributed by atoms with Crippen molar-refractivity contribution in [3.05, 3.63) is 82.4 Å². The second-order valence-electron chi connectivity index (χ2n) is 9.57. The maximum Gasteiger partial charge on any atom is 0.274 e. The van der Waals surface area contributed by atoms with E-state index in [1.54, 1.807) is 17.0 Å². The molecule has 3 aromatic rings. The average Bonchev–Trinajstić information content (AvgIpc) is 3.56. The Morgan fingerprint density at radius 3 is 2.79 bits per heavy atom. The molecule has 1 aliphatic heterocycles. The molecule has 1 aromatic heterocycles. The molecule has 178 valence electrons. The van der Waals surface area contributed by atoms with E-state index in [0.717, 1.165) is 55.3 Å². The molecule has 1 aliphatic carbocycles. The number of hydrogen-bond donors (Lipinski definition) is 2. The van der Waals surface area contributed by atoms with Gasteiger partial charge in [0.1, 0.15) is 5.82 Å². The van der Waals surface area contributed by atoms with Crippen molar-refractivity contribution in [3.63, 3.8) is 0 Å². The summed E-state index contributed by atoms with van der Waals surface area (Å²) in [5, 5.41) is 4.76. The number of halogens is 1. The average molecular weight is 462 g/mol. The molecule has 2 aliphatic rings. The van der Waals surface area contributed by atoms with E-state index in [-0.39, 0.29) is 17.8 Å². The van der Waals surface area contributed by atoms with Gasteiger partial charge in [-0.3, -0.25) is 15.6 Å². The SMILES string of the molecule is Cc1ccc(-n2nc(C(=O)N(C)CCCC3CC(c4cccc(F)c4)NN3)c3c2CCC3)cc1. The van der Waals surface area contributed by atoms with Crippen LogP contribution in [0.25, 0.3) is 5.69 Å². The molecule has 2 N–H and O–H groups in total.